The molecule has 3 rings (SSSR count). The van der Waals surface area contributed by atoms with E-state index in [4.69, 9.17) is 14.2 Å². The molecule has 0 aromatic heterocycles. The molecule has 0 aliphatic carbocycles. The summed E-state index contributed by atoms with van der Waals surface area (Å²) in [5.41, 5.74) is -0.441. The highest BCUT2D eigenvalue weighted by Gasteiger charge is 2.46. The van der Waals surface area contributed by atoms with Crippen LogP contribution < -0.4 is 0 Å². The van der Waals surface area contributed by atoms with Gasteiger partial charge in [-0.2, -0.15) is 0 Å². The number of ether oxygens (including phenoxy) is 3. The Labute approximate surface area is 183 Å². The molecule has 0 N–H and O–H groups in total. The highest BCUT2D eigenvalue weighted by molar-refractivity contribution is 5.93. The van der Waals surface area contributed by atoms with Gasteiger partial charge in [0.05, 0.1) is 18.7 Å². The Bertz CT molecular complexity index is 817. The summed E-state index contributed by atoms with van der Waals surface area (Å²) in [5, 5.41) is 0. The van der Waals surface area contributed by atoms with Crippen molar-refractivity contribution in [2.24, 2.45) is 0 Å². The first kappa shape index (κ1) is 23.1. The maximum absolute atomic E-state index is 12.9. The molecule has 0 bridgehead atoms. The van der Waals surface area contributed by atoms with Crippen LogP contribution in [0, 0.1) is 0 Å². The molecule has 3 amide bonds. The number of hydrogen-bond acceptors (Lipinski definition) is 6. The second kappa shape index (κ2) is 8.86. The number of cyclic esters (lactones) is 1. The fourth-order valence-electron chi connectivity index (χ4n) is 3.99. The topological polar surface area (TPSA) is 85.4 Å². The van der Waals surface area contributed by atoms with E-state index in [9.17, 15) is 14.4 Å². The van der Waals surface area contributed by atoms with Crippen LogP contribution in [0.5, 0.6) is 0 Å². The van der Waals surface area contributed by atoms with Crippen LogP contribution in [0.2, 0.25) is 0 Å². The van der Waals surface area contributed by atoms with E-state index < -0.39 is 23.5 Å². The first-order chi connectivity index (χ1) is 14.5. The van der Waals surface area contributed by atoms with Gasteiger partial charge in [0.1, 0.15) is 17.9 Å². The Balaban J connectivity index is 1.64. The Morgan fingerprint density at radius 2 is 1.81 bits per heavy atom. The number of hydrogen-bond donors (Lipinski definition) is 0. The minimum absolute atomic E-state index is 0.101. The van der Waals surface area contributed by atoms with Crippen LogP contribution in [0.3, 0.4) is 0 Å². The number of benzene rings is 1. The molecule has 0 saturated carbocycles. The lowest BCUT2D eigenvalue weighted by Gasteiger charge is -2.35. The molecule has 8 nitrogen and oxygen atoms in total. The molecule has 2 fully saturated rings. The van der Waals surface area contributed by atoms with Crippen LogP contribution in [0.4, 0.5) is 9.59 Å². The predicted octanol–water partition coefficient (Wildman–Crippen LogP) is 3.73. The summed E-state index contributed by atoms with van der Waals surface area (Å²) >= 11 is 0. The Morgan fingerprint density at radius 3 is 2.45 bits per heavy atom. The van der Waals surface area contributed by atoms with E-state index in [1.165, 1.54) is 4.90 Å². The monoisotopic (exact) mass is 432 g/mol. The van der Waals surface area contributed by atoms with Gasteiger partial charge in [-0.05, 0) is 53.0 Å². The Hall–Kier alpha value is -2.61. The number of carbonyl (C=O) groups excluding carboxylic acids is 3. The van der Waals surface area contributed by atoms with E-state index in [0.29, 0.717) is 19.4 Å². The van der Waals surface area contributed by atoms with Gasteiger partial charge in [0.15, 0.2) is 0 Å². The van der Waals surface area contributed by atoms with Crippen molar-refractivity contribution in [3.8, 4) is 0 Å². The summed E-state index contributed by atoms with van der Waals surface area (Å²) < 4.78 is 16.5. The van der Waals surface area contributed by atoms with E-state index in [2.05, 4.69) is 0 Å². The lowest BCUT2D eigenvalue weighted by molar-refractivity contribution is -0.129. The number of amides is 3. The second-order valence-electron chi connectivity index (χ2n) is 9.48. The first-order valence-corrected chi connectivity index (χ1v) is 10.7. The quantitative estimate of drug-likeness (QED) is 0.705. The van der Waals surface area contributed by atoms with Gasteiger partial charge in [0, 0.05) is 6.42 Å². The van der Waals surface area contributed by atoms with Crippen LogP contribution in [-0.4, -0.2) is 64.5 Å². The van der Waals surface area contributed by atoms with E-state index in [0.717, 1.165) is 5.56 Å². The molecule has 2 aliphatic heterocycles. The van der Waals surface area contributed by atoms with Gasteiger partial charge in [-0.15, -0.1) is 0 Å². The summed E-state index contributed by atoms with van der Waals surface area (Å²) in [4.78, 5) is 40.7. The third kappa shape index (κ3) is 5.55. The molecule has 2 aliphatic rings. The first-order valence-electron chi connectivity index (χ1n) is 10.7. The minimum Gasteiger partial charge on any atom is -0.447 e. The van der Waals surface area contributed by atoms with Crippen molar-refractivity contribution in [2.45, 2.75) is 77.3 Å². The van der Waals surface area contributed by atoms with Crippen molar-refractivity contribution in [3.63, 3.8) is 0 Å². The van der Waals surface area contributed by atoms with Crippen LogP contribution >= 0.6 is 0 Å². The summed E-state index contributed by atoms with van der Waals surface area (Å²) in [6.07, 6.45) is -0.0809. The lowest BCUT2D eigenvalue weighted by Crippen LogP contribution is -2.50. The van der Waals surface area contributed by atoms with Gasteiger partial charge in [-0.25, -0.2) is 14.5 Å². The van der Waals surface area contributed by atoms with Gasteiger partial charge in [-0.3, -0.25) is 9.69 Å². The standard InChI is InChI=1S/C23H32N2O6/c1-22(2,3)31-21(28)25-17(15-30-23(25,4)5)11-12-19(26)24-18(14-29-20(24)27)13-16-9-7-6-8-10-16/h6-10,17-18H,11-15H2,1-5H3. The molecule has 1 aromatic carbocycles. The van der Waals surface area contributed by atoms with Gasteiger partial charge in [0.2, 0.25) is 5.91 Å². The molecule has 2 unspecified atom stereocenters. The number of imide groups is 1. The molecule has 0 spiro atoms. The molecule has 31 heavy (non-hydrogen) atoms. The van der Waals surface area contributed by atoms with Crippen LogP contribution in [-0.2, 0) is 25.4 Å². The average Bonchev–Trinajstić information content (AvgIpc) is 3.18. The molecular formula is C23H32N2O6. The maximum Gasteiger partial charge on any atom is 0.416 e. The average molecular weight is 433 g/mol. The fourth-order valence-corrected chi connectivity index (χ4v) is 3.99. The zero-order chi connectivity index (χ0) is 22.8. The zero-order valence-corrected chi connectivity index (χ0v) is 18.9. The fraction of sp³-hybridized carbons (Fsp3) is 0.609. The maximum atomic E-state index is 12.9. The molecule has 2 heterocycles. The molecule has 2 saturated heterocycles. The van der Waals surface area contributed by atoms with Gasteiger partial charge in [0.25, 0.3) is 0 Å². The van der Waals surface area contributed by atoms with Gasteiger partial charge in [-0.1, -0.05) is 30.3 Å². The van der Waals surface area contributed by atoms with Crippen molar-refractivity contribution in [1.29, 1.82) is 0 Å². The second-order valence-corrected chi connectivity index (χ2v) is 9.48. The van der Waals surface area contributed by atoms with Crippen LogP contribution in [0.1, 0.15) is 53.0 Å². The van der Waals surface area contributed by atoms with Crippen molar-refractivity contribution in [2.75, 3.05) is 13.2 Å². The van der Waals surface area contributed by atoms with Crippen molar-refractivity contribution in [3.05, 3.63) is 35.9 Å². The zero-order valence-electron chi connectivity index (χ0n) is 18.9. The van der Waals surface area contributed by atoms with Gasteiger partial charge >= 0.3 is 12.2 Å². The highest BCUT2D eigenvalue weighted by atomic mass is 16.6. The third-order valence-corrected chi connectivity index (χ3v) is 5.40. The predicted molar refractivity (Wildman–Crippen MR) is 113 cm³/mol. The summed E-state index contributed by atoms with van der Waals surface area (Å²) in [6.45, 7) is 9.50. The normalized spacial score (nSPS) is 23.1. The van der Waals surface area contributed by atoms with E-state index >= 15 is 0 Å². The highest BCUT2D eigenvalue weighted by Crippen LogP contribution is 2.32. The molecule has 8 heteroatoms. The molecule has 1 aromatic rings. The van der Waals surface area contributed by atoms with Crippen LogP contribution in [0.15, 0.2) is 30.3 Å². The van der Waals surface area contributed by atoms with E-state index in [1.807, 2.05) is 30.3 Å². The lowest BCUT2D eigenvalue weighted by atomic mass is 10.0. The van der Waals surface area contributed by atoms with E-state index in [-0.39, 0.29) is 31.0 Å². The third-order valence-electron chi connectivity index (χ3n) is 5.40. The number of carbonyl (C=O) groups is 3. The number of nitrogens with zero attached hydrogens (tertiary/aromatic N) is 2. The summed E-state index contributed by atoms with van der Waals surface area (Å²) in [7, 11) is 0. The minimum atomic E-state index is -0.835. The van der Waals surface area contributed by atoms with Crippen molar-refractivity contribution >= 4 is 18.1 Å². The SMILES string of the molecule is CC(C)(C)OC(=O)N1C(CCC(=O)N2C(=O)OCC2Cc2ccccc2)COC1(C)C. The van der Waals surface area contributed by atoms with Gasteiger partial charge < -0.3 is 14.2 Å². The van der Waals surface area contributed by atoms with Crippen LogP contribution in [0.25, 0.3) is 0 Å². The van der Waals surface area contributed by atoms with E-state index in [1.54, 1.807) is 39.5 Å². The largest absolute Gasteiger partial charge is 0.447 e. The molecule has 0 radical (unpaired) electrons. The smallest absolute Gasteiger partial charge is 0.416 e. The molecular weight excluding hydrogens is 400 g/mol. The number of rotatable bonds is 5. The summed E-state index contributed by atoms with van der Waals surface area (Å²) in [5.74, 6) is -0.308. The Morgan fingerprint density at radius 1 is 1.13 bits per heavy atom. The van der Waals surface area contributed by atoms with Crippen molar-refractivity contribution < 1.29 is 28.6 Å². The van der Waals surface area contributed by atoms with Crippen molar-refractivity contribution in [1.82, 2.24) is 9.80 Å². The summed E-state index contributed by atoms with van der Waals surface area (Å²) in [6, 6.07) is 9.04. The molecule has 170 valence electrons. The molecule has 2 atom stereocenters. The Kier molecular flexibility index (Phi) is 6.59.